The van der Waals surface area contributed by atoms with Gasteiger partial charge in [-0.25, -0.2) is 0 Å². The van der Waals surface area contributed by atoms with Gasteiger partial charge in [0.25, 0.3) is 0 Å². The van der Waals surface area contributed by atoms with Gasteiger partial charge in [-0.2, -0.15) is 5.10 Å². The number of allylic oxidation sites excluding steroid dienone is 1. The molecule has 1 aromatic rings. The summed E-state index contributed by atoms with van der Waals surface area (Å²) >= 11 is 0. The van der Waals surface area contributed by atoms with Gasteiger partial charge in [-0.15, -0.1) is 0 Å². The van der Waals surface area contributed by atoms with Crippen LogP contribution >= 0.6 is 0 Å². The van der Waals surface area contributed by atoms with E-state index in [2.05, 4.69) is 49.5 Å². The highest BCUT2D eigenvalue weighted by molar-refractivity contribution is 5.19. The standard InChI is InChI=1S/C13H23N3/c1-5-6-7-8-14-9-12-10-16(4)15-13(12)11(2)3/h5-6,10-11,14H,7-9H2,1-4H3/b6-5+. The zero-order chi connectivity index (χ0) is 12.0. The average molecular weight is 221 g/mol. The molecule has 0 aromatic carbocycles. The highest BCUT2D eigenvalue weighted by Crippen LogP contribution is 2.16. The molecule has 0 aliphatic heterocycles. The van der Waals surface area contributed by atoms with Crippen molar-refractivity contribution in [2.45, 2.75) is 39.7 Å². The van der Waals surface area contributed by atoms with E-state index in [0.717, 1.165) is 19.5 Å². The molecule has 0 fully saturated rings. The van der Waals surface area contributed by atoms with Crippen LogP contribution in [0.1, 0.15) is 44.4 Å². The fourth-order valence-corrected chi connectivity index (χ4v) is 1.75. The Hall–Kier alpha value is -1.09. The molecule has 90 valence electrons. The first-order valence-electron chi connectivity index (χ1n) is 5.99. The van der Waals surface area contributed by atoms with Gasteiger partial charge in [-0.05, 0) is 25.8 Å². The molecule has 0 saturated heterocycles. The van der Waals surface area contributed by atoms with Crippen LogP contribution in [0.15, 0.2) is 18.3 Å². The second-order valence-corrected chi connectivity index (χ2v) is 4.40. The van der Waals surface area contributed by atoms with Gasteiger partial charge < -0.3 is 5.32 Å². The van der Waals surface area contributed by atoms with E-state index < -0.39 is 0 Å². The number of rotatable bonds is 6. The number of aromatic nitrogens is 2. The lowest BCUT2D eigenvalue weighted by Crippen LogP contribution is -2.15. The zero-order valence-corrected chi connectivity index (χ0v) is 10.8. The van der Waals surface area contributed by atoms with Crippen LogP contribution in [-0.2, 0) is 13.6 Å². The molecule has 0 aliphatic carbocycles. The summed E-state index contributed by atoms with van der Waals surface area (Å²) in [6, 6.07) is 0. The monoisotopic (exact) mass is 221 g/mol. The molecule has 0 aliphatic rings. The van der Waals surface area contributed by atoms with Crippen molar-refractivity contribution in [2.75, 3.05) is 6.54 Å². The van der Waals surface area contributed by atoms with Gasteiger partial charge >= 0.3 is 0 Å². The summed E-state index contributed by atoms with van der Waals surface area (Å²) in [6.07, 6.45) is 7.47. The first kappa shape index (κ1) is 13.0. The lowest BCUT2D eigenvalue weighted by molar-refractivity contribution is 0.680. The second kappa shape index (κ2) is 6.48. The Morgan fingerprint density at radius 2 is 2.25 bits per heavy atom. The van der Waals surface area contributed by atoms with Gasteiger partial charge in [0.2, 0.25) is 0 Å². The lowest BCUT2D eigenvalue weighted by atomic mass is 10.1. The molecule has 0 spiro atoms. The Labute approximate surface area is 98.5 Å². The topological polar surface area (TPSA) is 29.9 Å². The minimum Gasteiger partial charge on any atom is -0.312 e. The Morgan fingerprint density at radius 3 is 2.88 bits per heavy atom. The molecule has 3 nitrogen and oxygen atoms in total. The van der Waals surface area contributed by atoms with Crippen LogP contribution < -0.4 is 5.32 Å². The molecule has 1 N–H and O–H groups in total. The smallest absolute Gasteiger partial charge is 0.0694 e. The van der Waals surface area contributed by atoms with Gasteiger partial charge in [0.05, 0.1) is 5.69 Å². The fourth-order valence-electron chi connectivity index (χ4n) is 1.75. The van der Waals surface area contributed by atoms with Crippen molar-refractivity contribution >= 4 is 0 Å². The summed E-state index contributed by atoms with van der Waals surface area (Å²) in [5.41, 5.74) is 2.53. The molecule has 1 rings (SSSR count). The molecule has 1 heterocycles. The molecular formula is C13H23N3. The average Bonchev–Trinajstić information content (AvgIpc) is 2.59. The number of hydrogen-bond acceptors (Lipinski definition) is 2. The molecular weight excluding hydrogens is 198 g/mol. The maximum absolute atomic E-state index is 4.49. The van der Waals surface area contributed by atoms with E-state index in [9.17, 15) is 0 Å². The summed E-state index contributed by atoms with van der Waals surface area (Å²) in [7, 11) is 1.98. The van der Waals surface area contributed by atoms with Crippen molar-refractivity contribution in [1.29, 1.82) is 0 Å². The molecule has 0 bridgehead atoms. The quantitative estimate of drug-likeness (QED) is 0.591. The predicted octanol–water partition coefficient (Wildman–Crippen LogP) is 2.60. The third-order valence-corrected chi connectivity index (χ3v) is 2.52. The molecule has 3 heteroatoms. The molecule has 0 amide bonds. The maximum Gasteiger partial charge on any atom is 0.0694 e. The van der Waals surface area contributed by atoms with Crippen LogP contribution in [0.5, 0.6) is 0 Å². The summed E-state index contributed by atoms with van der Waals surface area (Å²) in [5.74, 6) is 0.494. The van der Waals surface area contributed by atoms with E-state index in [1.807, 2.05) is 11.7 Å². The highest BCUT2D eigenvalue weighted by Gasteiger charge is 2.10. The van der Waals surface area contributed by atoms with Crippen LogP contribution in [0.4, 0.5) is 0 Å². The normalized spacial score (nSPS) is 11.8. The van der Waals surface area contributed by atoms with E-state index in [4.69, 9.17) is 0 Å². The van der Waals surface area contributed by atoms with Crippen molar-refractivity contribution in [3.05, 3.63) is 29.6 Å². The van der Waals surface area contributed by atoms with Crippen LogP contribution in [0.3, 0.4) is 0 Å². The molecule has 0 radical (unpaired) electrons. The Kier molecular flexibility index (Phi) is 5.26. The minimum absolute atomic E-state index is 0.494. The number of hydrogen-bond donors (Lipinski definition) is 1. The van der Waals surface area contributed by atoms with Crippen molar-refractivity contribution < 1.29 is 0 Å². The van der Waals surface area contributed by atoms with Crippen molar-refractivity contribution in [3.8, 4) is 0 Å². The van der Waals surface area contributed by atoms with Gasteiger partial charge in [-0.1, -0.05) is 26.0 Å². The van der Waals surface area contributed by atoms with Gasteiger partial charge in [-0.3, -0.25) is 4.68 Å². The van der Waals surface area contributed by atoms with Gasteiger partial charge in [0.1, 0.15) is 0 Å². The molecule has 0 unspecified atom stereocenters. The maximum atomic E-state index is 4.49. The lowest BCUT2D eigenvalue weighted by Gasteiger charge is -2.05. The Balaban J connectivity index is 2.46. The summed E-state index contributed by atoms with van der Waals surface area (Å²) < 4.78 is 1.90. The minimum atomic E-state index is 0.494. The second-order valence-electron chi connectivity index (χ2n) is 4.40. The number of nitrogens with one attached hydrogen (secondary N) is 1. The fraction of sp³-hybridized carbons (Fsp3) is 0.615. The summed E-state index contributed by atoms with van der Waals surface area (Å²) in [5, 5.41) is 7.93. The van der Waals surface area contributed by atoms with E-state index in [1.165, 1.54) is 11.3 Å². The largest absolute Gasteiger partial charge is 0.312 e. The van der Waals surface area contributed by atoms with Gasteiger partial charge in [0, 0.05) is 25.4 Å². The van der Waals surface area contributed by atoms with E-state index >= 15 is 0 Å². The highest BCUT2D eigenvalue weighted by atomic mass is 15.3. The SMILES string of the molecule is C/C=C/CCNCc1cn(C)nc1C(C)C. The number of aryl methyl sites for hydroxylation is 1. The molecule has 0 atom stereocenters. The van der Waals surface area contributed by atoms with Crippen LogP contribution in [-0.4, -0.2) is 16.3 Å². The summed E-state index contributed by atoms with van der Waals surface area (Å²) in [4.78, 5) is 0. The van der Waals surface area contributed by atoms with E-state index in [0.29, 0.717) is 5.92 Å². The van der Waals surface area contributed by atoms with Crippen LogP contribution in [0.25, 0.3) is 0 Å². The van der Waals surface area contributed by atoms with E-state index in [-0.39, 0.29) is 0 Å². The molecule has 1 aromatic heterocycles. The number of nitrogens with zero attached hydrogens (tertiary/aromatic N) is 2. The van der Waals surface area contributed by atoms with Crippen LogP contribution in [0.2, 0.25) is 0 Å². The molecule has 0 saturated carbocycles. The van der Waals surface area contributed by atoms with Crippen molar-refractivity contribution in [3.63, 3.8) is 0 Å². The van der Waals surface area contributed by atoms with Gasteiger partial charge in [0.15, 0.2) is 0 Å². The zero-order valence-electron chi connectivity index (χ0n) is 10.8. The molecule has 16 heavy (non-hydrogen) atoms. The summed E-state index contributed by atoms with van der Waals surface area (Å²) in [6.45, 7) is 8.37. The predicted molar refractivity (Wildman–Crippen MR) is 68.4 cm³/mol. The first-order chi connectivity index (χ1) is 7.65. The van der Waals surface area contributed by atoms with Crippen LogP contribution in [0, 0.1) is 0 Å². The van der Waals surface area contributed by atoms with Crippen molar-refractivity contribution in [2.24, 2.45) is 7.05 Å². The van der Waals surface area contributed by atoms with Crippen molar-refractivity contribution in [1.82, 2.24) is 15.1 Å². The third-order valence-electron chi connectivity index (χ3n) is 2.52. The Bertz CT molecular complexity index is 337. The third kappa shape index (κ3) is 3.81. The first-order valence-corrected chi connectivity index (χ1v) is 5.99. The Morgan fingerprint density at radius 1 is 1.50 bits per heavy atom. The van der Waals surface area contributed by atoms with E-state index in [1.54, 1.807) is 0 Å².